The lowest BCUT2D eigenvalue weighted by atomic mass is 9.78. The van der Waals surface area contributed by atoms with Crippen LogP contribution in [0.4, 0.5) is 17.6 Å². The summed E-state index contributed by atoms with van der Waals surface area (Å²) in [7, 11) is 0. The highest BCUT2D eigenvalue weighted by Gasteiger charge is 2.27. The monoisotopic (exact) mass is 484 g/mol. The zero-order chi connectivity index (χ0) is 24.9. The fourth-order valence-corrected chi connectivity index (χ4v) is 5.19. The number of benzene rings is 2. The molecule has 1 fully saturated rings. The first-order valence-electron chi connectivity index (χ1n) is 12.5. The van der Waals surface area contributed by atoms with Gasteiger partial charge in [-0.25, -0.2) is 17.6 Å². The summed E-state index contributed by atoms with van der Waals surface area (Å²) >= 11 is 0. The van der Waals surface area contributed by atoms with Crippen molar-refractivity contribution in [3.05, 3.63) is 95.1 Å². The van der Waals surface area contributed by atoms with Crippen molar-refractivity contribution in [2.75, 3.05) is 6.61 Å². The number of aryl methyl sites for hydroxylation is 1. The summed E-state index contributed by atoms with van der Waals surface area (Å²) in [6.07, 6.45) is 7.56. The molecule has 0 spiro atoms. The van der Waals surface area contributed by atoms with Gasteiger partial charge in [0.05, 0.1) is 0 Å². The van der Waals surface area contributed by atoms with E-state index in [0.717, 1.165) is 31.2 Å². The van der Waals surface area contributed by atoms with Crippen molar-refractivity contribution >= 4 is 0 Å². The van der Waals surface area contributed by atoms with Crippen LogP contribution in [0.2, 0.25) is 0 Å². The highest BCUT2D eigenvalue weighted by atomic mass is 19.2. The first-order chi connectivity index (χ1) is 16.9. The molecule has 0 bridgehead atoms. The Balaban J connectivity index is 1.42. The third-order valence-corrected chi connectivity index (χ3v) is 7.33. The van der Waals surface area contributed by atoms with Gasteiger partial charge < -0.3 is 4.74 Å². The maximum Gasteiger partial charge on any atom is 0.166 e. The number of rotatable bonds is 8. The van der Waals surface area contributed by atoms with Gasteiger partial charge >= 0.3 is 0 Å². The Morgan fingerprint density at radius 2 is 1.63 bits per heavy atom. The summed E-state index contributed by atoms with van der Waals surface area (Å²) in [6.45, 7) is 5.91. The molecule has 35 heavy (non-hydrogen) atoms. The molecule has 1 saturated carbocycles. The SMILES string of the molecule is C=CC1CCC(c2ccc(-c3ccc(CCC4=CCC(OCC)C(F)=C4F)cc3)c(F)c2F)CC1. The molecule has 4 rings (SSSR count). The van der Waals surface area contributed by atoms with Crippen LogP contribution < -0.4 is 0 Å². The summed E-state index contributed by atoms with van der Waals surface area (Å²) < 4.78 is 63.7. The Bertz CT molecular complexity index is 1110. The molecule has 0 N–H and O–H groups in total. The molecule has 0 radical (unpaired) electrons. The van der Waals surface area contributed by atoms with E-state index in [1.807, 2.05) is 18.2 Å². The maximum atomic E-state index is 15.0. The first-order valence-corrected chi connectivity index (χ1v) is 12.5. The zero-order valence-electron chi connectivity index (χ0n) is 20.1. The van der Waals surface area contributed by atoms with Crippen LogP contribution in [0.25, 0.3) is 11.1 Å². The normalized spacial score (nSPS) is 22.8. The van der Waals surface area contributed by atoms with Gasteiger partial charge in [-0.3, -0.25) is 0 Å². The van der Waals surface area contributed by atoms with E-state index in [9.17, 15) is 13.2 Å². The number of halogens is 4. The predicted molar refractivity (Wildman–Crippen MR) is 132 cm³/mol. The van der Waals surface area contributed by atoms with Gasteiger partial charge in [0.15, 0.2) is 23.3 Å². The highest BCUT2D eigenvalue weighted by Crippen LogP contribution is 2.39. The molecule has 2 aliphatic carbocycles. The van der Waals surface area contributed by atoms with E-state index in [2.05, 4.69) is 6.58 Å². The number of allylic oxidation sites excluding steroid dienone is 3. The van der Waals surface area contributed by atoms with Gasteiger partial charge in [-0.2, -0.15) is 0 Å². The molecular formula is C30H32F4O. The number of hydrogen-bond acceptors (Lipinski definition) is 1. The van der Waals surface area contributed by atoms with E-state index in [-0.39, 0.29) is 11.5 Å². The second kappa shape index (κ2) is 11.4. The Labute approximate surface area is 205 Å². The molecule has 1 atom stereocenters. The van der Waals surface area contributed by atoms with Crippen LogP contribution >= 0.6 is 0 Å². The predicted octanol–water partition coefficient (Wildman–Crippen LogP) is 8.91. The molecule has 0 amide bonds. The van der Waals surface area contributed by atoms with E-state index >= 15 is 4.39 Å². The summed E-state index contributed by atoms with van der Waals surface area (Å²) in [4.78, 5) is 0. The van der Waals surface area contributed by atoms with Crippen LogP contribution in [0.1, 0.15) is 62.5 Å². The van der Waals surface area contributed by atoms with Gasteiger partial charge in [0.1, 0.15) is 6.10 Å². The fraction of sp³-hybridized carbons (Fsp3) is 0.400. The first kappa shape index (κ1) is 25.4. The van der Waals surface area contributed by atoms with E-state index in [1.54, 1.807) is 37.3 Å². The van der Waals surface area contributed by atoms with E-state index in [0.29, 0.717) is 48.5 Å². The molecule has 0 saturated heterocycles. The van der Waals surface area contributed by atoms with Crippen LogP contribution in [0.3, 0.4) is 0 Å². The van der Waals surface area contributed by atoms with Crippen LogP contribution in [-0.2, 0) is 11.2 Å². The average molecular weight is 485 g/mol. The molecule has 0 heterocycles. The van der Waals surface area contributed by atoms with Gasteiger partial charge in [-0.1, -0.05) is 48.6 Å². The van der Waals surface area contributed by atoms with E-state index in [1.165, 1.54) is 0 Å². The van der Waals surface area contributed by atoms with Crippen LogP contribution in [0, 0.1) is 17.6 Å². The summed E-state index contributed by atoms with van der Waals surface area (Å²) in [5, 5.41) is 0. The molecule has 186 valence electrons. The zero-order valence-corrected chi connectivity index (χ0v) is 20.1. The third-order valence-electron chi connectivity index (χ3n) is 7.33. The summed E-state index contributed by atoms with van der Waals surface area (Å²) in [5.41, 5.74) is 2.52. The lowest BCUT2D eigenvalue weighted by molar-refractivity contribution is 0.0698. The Morgan fingerprint density at radius 1 is 0.914 bits per heavy atom. The quantitative estimate of drug-likeness (QED) is 0.268. The molecule has 2 aliphatic rings. The Morgan fingerprint density at radius 3 is 2.29 bits per heavy atom. The van der Waals surface area contributed by atoms with Gasteiger partial charge in [0.2, 0.25) is 0 Å². The minimum atomic E-state index is -0.841. The van der Waals surface area contributed by atoms with Crippen molar-refractivity contribution in [1.29, 1.82) is 0 Å². The smallest absolute Gasteiger partial charge is 0.166 e. The number of ether oxygens (including phenoxy) is 1. The Hall–Kier alpha value is -2.66. The largest absolute Gasteiger partial charge is 0.371 e. The van der Waals surface area contributed by atoms with Crippen LogP contribution in [0.15, 0.2) is 72.4 Å². The van der Waals surface area contributed by atoms with Gasteiger partial charge in [-0.05, 0) is 86.0 Å². The minimum Gasteiger partial charge on any atom is -0.371 e. The molecule has 5 heteroatoms. The Kier molecular flexibility index (Phi) is 8.27. The summed E-state index contributed by atoms with van der Waals surface area (Å²) in [6, 6.07) is 10.5. The molecular weight excluding hydrogens is 452 g/mol. The molecule has 1 nitrogen and oxygen atoms in total. The highest BCUT2D eigenvalue weighted by molar-refractivity contribution is 5.65. The van der Waals surface area contributed by atoms with Crippen molar-refractivity contribution in [3.63, 3.8) is 0 Å². The molecule has 2 aromatic carbocycles. The lowest BCUT2D eigenvalue weighted by Crippen LogP contribution is -2.17. The second-order valence-electron chi connectivity index (χ2n) is 9.45. The maximum absolute atomic E-state index is 15.0. The molecule has 0 aromatic heterocycles. The topological polar surface area (TPSA) is 9.23 Å². The summed E-state index contributed by atoms with van der Waals surface area (Å²) in [5.74, 6) is -2.75. The fourth-order valence-electron chi connectivity index (χ4n) is 5.19. The minimum absolute atomic E-state index is 0.0364. The molecule has 0 aliphatic heterocycles. The van der Waals surface area contributed by atoms with Crippen LogP contribution in [-0.4, -0.2) is 12.7 Å². The van der Waals surface area contributed by atoms with Gasteiger partial charge in [0, 0.05) is 12.2 Å². The molecule has 2 aromatic rings. The van der Waals surface area contributed by atoms with Crippen molar-refractivity contribution in [3.8, 4) is 11.1 Å². The molecule has 1 unspecified atom stereocenters. The average Bonchev–Trinajstić information content (AvgIpc) is 2.88. The lowest BCUT2D eigenvalue weighted by Gasteiger charge is -2.27. The van der Waals surface area contributed by atoms with Gasteiger partial charge in [0.25, 0.3) is 0 Å². The van der Waals surface area contributed by atoms with E-state index in [4.69, 9.17) is 4.74 Å². The second-order valence-corrected chi connectivity index (χ2v) is 9.45. The van der Waals surface area contributed by atoms with Crippen LogP contribution in [0.5, 0.6) is 0 Å². The van der Waals surface area contributed by atoms with Crippen molar-refractivity contribution in [1.82, 2.24) is 0 Å². The standard InChI is InChI=1S/C30H32F4O/c1-3-19-5-10-21(11-6-19)24-16-17-25(29(33)28(24)32)22-12-7-20(8-13-22)9-14-23-15-18-26(35-4-2)30(34)27(23)31/h3,7-8,12-13,15-17,19,21,26H,1,4-6,9-11,14,18H2,2H3. The third kappa shape index (κ3) is 5.61. The number of hydrogen-bond donors (Lipinski definition) is 0. The van der Waals surface area contributed by atoms with Crippen molar-refractivity contribution in [2.24, 2.45) is 5.92 Å². The van der Waals surface area contributed by atoms with Crippen molar-refractivity contribution < 1.29 is 22.3 Å². The van der Waals surface area contributed by atoms with E-state index < -0.39 is 29.4 Å². The van der Waals surface area contributed by atoms with Crippen molar-refractivity contribution in [2.45, 2.75) is 63.9 Å². The van der Waals surface area contributed by atoms with Gasteiger partial charge in [-0.15, -0.1) is 6.58 Å².